The molecule has 0 saturated carbocycles. The third-order valence-electron chi connectivity index (χ3n) is 4.39. The zero-order valence-corrected chi connectivity index (χ0v) is 13.2. The third-order valence-corrected chi connectivity index (χ3v) is 4.39. The molecule has 1 fully saturated rings. The van der Waals surface area contributed by atoms with E-state index in [1.807, 2.05) is 12.1 Å². The van der Waals surface area contributed by atoms with Crippen molar-refractivity contribution < 1.29 is 4.79 Å². The molecule has 3 rings (SSSR count). The van der Waals surface area contributed by atoms with Gasteiger partial charge < -0.3 is 5.32 Å². The van der Waals surface area contributed by atoms with Gasteiger partial charge in [-0.2, -0.15) is 0 Å². The first-order valence-corrected chi connectivity index (χ1v) is 8.00. The lowest BCUT2D eigenvalue weighted by molar-refractivity contribution is -0.117. The van der Waals surface area contributed by atoms with Crippen LogP contribution in [-0.2, 0) is 11.3 Å². The van der Waals surface area contributed by atoms with E-state index in [0.717, 1.165) is 19.6 Å². The van der Waals surface area contributed by atoms with Gasteiger partial charge in [-0.25, -0.2) is 0 Å². The Labute approximate surface area is 137 Å². The number of carbonyl (C=O) groups is 1. The largest absolute Gasteiger partial charge is 0.348 e. The Morgan fingerprint density at radius 1 is 1.09 bits per heavy atom. The molecule has 3 heteroatoms. The van der Waals surface area contributed by atoms with Crippen molar-refractivity contribution in [3.05, 3.63) is 84.4 Å². The van der Waals surface area contributed by atoms with Crippen molar-refractivity contribution in [1.82, 2.24) is 10.2 Å². The zero-order valence-electron chi connectivity index (χ0n) is 13.2. The Morgan fingerprint density at radius 2 is 1.74 bits per heavy atom. The standard InChI is InChI=1S/C20H22N2O/c1-2-20(23)21-19-15-22(13-16-9-5-3-6-10-16)14-18(19)17-11-7-4-8-12-17/h2-12,18-19H,1,13-15H2,(H,21,23)/t18-,19+/m0/s1. The van der Waals surface area contributed by atoms with Crippen LogP contribution in [0.25, 0.3) is 0 Å². The lowest BCUT2D eigenvalue weighted by atomic mass is 9.94. The van der Waals surface area contributed by atoms with Gasteiger partial charge in [-0.05, 0) is 17.2 Å². The van der Waals surface area contributed by atoms with Gasteiger partial charge in [0.15, 0.2) is 0 Å². The summed E-state index contributed by atoms with van der Waals surface area (Å²) in [5.74, 6) is 0.210. The predicted molar refractivity (Wildman–Crippen MR) is 93.0 cm³/mol. The summed E-state index contributed by atoms with van der Waals surface area (Å²) in [5, 5.41) is 3.09. The molecule has 0 unspecified atom stereocenters. The van der Waals surface area contributed by atoms with Gasteiger partial charge in [0.1, 0.15) is 0 Å². The second-order valence-corrected chi connectivity index (χ2v) is 6.02. The smallest absolute Gasteiger partial charge is 0.243 e. The van der Waals surface area contributed by atoms with Crippen LogP contribution in [0.4, 0.5) is 0 Å². The molecule has 1 aliphatic rings. The van der Waals surface area contributed by atoms with Crippen LogP contribution in [-0.4, -0.2) is 29.9 Å². The maximum atomic E-state index is 11.8. The summed E-state index contributed by atoms with van der Waals surface area (Å²) < 4.78 is 0. The minimum Gasteiger partial charge on any atom is -0.348 e. The topological polar surface area (TPSA) is 32.3 Å². The predicted octanol–water partition coefficient (Wildman–Crippen LogP) is 2.96. The van der Waals surface area contributed by atoms with Crippen molar-refractivity contribution in [2.45, 2.75) is 18.5 Å². The van der Waals surface area contributed by atoms with E-state index in [4.69, 9.17) is 0 Å². The number of rotatable bonds is 5. The van der Waals surface area contributed by atoms with E-state index in [-0.39, 0.29) is 11.9 Å². The van der Waals surface area contributed by atoms with Gasteiger partial charge in [-0.1, -0.05) is 67.2 Å². The van der Waals surface area contributed by atoms with Crippen molar-refractivity contribution in [2.75, 3.05) is 13.1 Å². The highest BCUT2D eigenvalue weighted by Crippen LogP contribution is 2.28. The second kappa shape index (κ2) is 7.25. The maximum absolute atomic E-state index is 11.8. The molecule has 1 amide bonds. The van der Waals surface area contributed by atoms with E-state index in [9.17, 15) is 4.79 Å². The first-order chi connectivity index (χ1) is 11.3. The average molecular weight is 306 g/mol. The fraction of sp³-hybridized carbons (Fsp3) is 0.250. The molecule has 1 saturated heterocycles. The minimum atomic E-state index is -0.0995. The molecule has 1 aliphatic heterocycles. The van der Waals surface area contributed by atoms with Crippen LogP contribution in [0, 0.1) is 0 Å². The fourth-order valence-electron chi connectivity index (χ4n) is 3.28. The molecule has 0 radical (unpaired) electrons. The normalized spacial score (nSPS) is 21.0. The summed E-state index contributed by atoms with van der Waals surface area (Å²) in [6.07, 6.45) is 1.35. The van der Waals surface area contributed by atoms with Gasteiger partial charge >= 0.3 is 0 Å². The van der Waals surface area contributed by atoms with E-state index < -0.39 is 0 Å². The van der Waals surface area contributed by atoms with Crippen LogP contribution in [0.1, 0.15) is 17.0 Å². The van der Waals surface area contributed by atoms with Crippen LogP contribution < -0.4 is 5.32 Å². The highest BCUT2D eigenvalue weighted by Gasteiger charge is 2.34. The highest BCUT2D eigenvalue weighted by molar-refractivity contribution is 5.87. The van der Waals surface area contributed by atoms with Crippen molar-refractivity contribution in [1.29, 1.82) is 0 Å². The van der Waals surface area contributed by atoms with Crippen LogP contribution in [0.15, 0.2) is 73.3 Å². The minimum absolute atomic E-state index is 0.0995. The molecule has 2 aromatic rings. The molecule has 0 aromatic heterocycles. The summed E-state index contributed by atoms with van der Waals surface area (Å²) in [5.41, 5.74) is 2.58. The second-order valence-electron chi connectivity index (χ2n) is 6.02. The van der Waals surface area contributed by atoms with E-state index in [1.165, 1.54) is 17.2 Å². The number of hydrogen-bond acceptors (Lipinski definition) is 2. The van der Waals surface area contributed by atoms with Gasteiger partial charge in [-0.3, -0.25) is 9.69 Å². The number of carbonyl (C=O) groups excluding carboxylic acids is 1. The van der Waals surface area contributed by atoms with Crippen LogP contribution in [0.3, 0.4) is 0 Å². The summed E-state index contributed by atoms with van der Waals surface area (Å²) in [6.45, 7) is 6.27. The van der Waals surface area contributed by atoms with E-state index >= 15 is 0 Å². The number of nitrogens with one attached hydrogen (secondary N) is 1. The van der Waals surface area contributed by atoms with Crippen molar-refractivity contribution >= 4 is 5.91 Å². The van der Waals surface area contributed by atoms with E-state index in [1.54, 1.807) is 0 Å². The molecule has 2 atom stereocenters. The van der Waals surface area contributed by atoms with Crippen molar-refractivity contribution in [3.8, 4) is 0 Å². The van der Waals surface area contributed by atoms with Crippen LogP contribution in [0.5, 0.6) is 0 Å². The first kappa shape index (κ1) is 15.5. The fourth-order valence-corrected chi connectivity index (χ4v) is 3.28. The Kier molecular flexibility index (Phi) is 4.89. The SMILES string of the molecule is C=CC(=O)N[C@@H]1CN(Cc2ccccc2)C[C@H]1c1ccccc1. The summed E-state index contributed by atoms with van der Waals surface area (Å²) in [6, 6.07) is 21.0. The summed E-state index contributed by atoms with van der Waals surface area (Å²) in [7, 11) is 0. The quantitative estimate of drug-likeness (QED) is 0.861. The molecular weight excluding hydrogens is 284 g/mol. The van der Waals surface area contributed by atoms with Crippen molar-refractivity contribution in [3.63, 3.8) is 0 Å². The molecule has 23 heavy (non-hydrogen) atoms. The molecule has 2 aromatic carbocycles. The van der Waals surface area contributed by atoms with Gasteiger partial charge in [0, 0.05) is 31.6 Å². The van der Waals surface area contributed by atoms with Gasteiger partial charge in [0.2, 0.25) is 5.91 Å². The lowest BCUT2D eigenvalue weighted by Gasteiger charge is -2.19. The molecule has 1 heterocycles. The van der Waals surface area contributed by atoms with Gasteiger partial charge in [-0.15, -0.1) is 0 Å². The zero-order chi connectivity index (χ0) is 16.1. The van der Waals surface area contributed by atoms with Gasteiger partial charge in [0.25, 0.3) is 0 Å². The molecule has 0 aliphatic carbocycles. The Hall–Kier alpha value is -2.39. The number of hydrogen-bond donors (Lipinski definition) is 1. The number of benzene rings is 2. The Bertz CT molecular complexity index is 654. The van der Waals surface area contributed by atoms with Crippen molar-refractivity contribution in [2.24, 2.45) is 0 Å². The van der Waals surface area contributed by atoms with Crippen LogP contribution >= 0.6 is 0 Å². The first-order valence-electron chi connectivity index (χ1n) is 8.00. The Morgan fingerprint density at radius 3 is 2.39 bits per heavy atom. The molecule has 0 bridgehead atoms. The summed E-state index contributed by atoms with van der Waals surface area (Å²) in [4.78, 5) is 14.2. The van der Waals surface area contributed by atoms with Crippen LogP contribution in [0.2, 0.25) is 0 Å². The monoisotopic (exact) mass is 306 g/mol. The third kappa shape index (κ3) is 3.88. The van der Waals surface area contributed by atoms with E-state index in [2.05, 4.69) is 65.3 Å². The molecule has 1 N–H and O–H groups in total. The van der Waals surface area contributed by atoms with E-state index in [0.29, 0.717) is 5.92 Å². The molecule has 118 valence electrons. The molecule has 0 spiro atoms. The summed E-state index contributed by atoms with van der Waals surface area (Å²) >= 11 is 0. The number of nitrogens with zero attached hydrogens (tertiary/aromatic N) is 1. The Balaban J connectivity index is 1.75. The molecular formula is C20H22N2O. The highest BCUT2D eigenvalue weighted by atomic mass is 16.1. The molecule has 3 nitrogen and oxygen atoms in total. The van der Waals surface area contributed by atoms with Gasteiger partial charge in [0.05, 0.1) is 0 Å². The number of likely N-dealkylation sites (tertiary alicyclic amines) is 1. The maximum Gasteiger partial charge on any atom is 0.243 e. The average Bonchev–Trinajstić information content (AvgIpc) is 2.98. The number of amides is 1. The lowest BCUT2D eigenvalue weighted by Crippen LogP contribution is -2.38.